The molecule has 13 heteroatoms. The van der Waals surface area contributed by atoms with Gasteiger partial charge in [-0.05, 0) is 18.1 Å². The minimum atomic E-state index is -4.92. The van der Waals surface area contributed by atoms with Crippen LogP contribution in [-0.4, -0.2) is 34.3 Å². The molecule has 0 amide bonds. The largest absolute Gasteiger partial charge is 0.395 e. The molecule has 0 radical (unpaired) electrons. The van der Waals surface area contributed by atoms with Crippen LogP contribution in [-0.2, 0) is 9.92 Å². The lowest BCUT2D eigenvalue weighted by molar-refractivity contribution is -0.176. The summed E-state index contributed by atoms with van der Waals surface area (Å²) in [7, 11) is -3.92. The zero-order valence-corrected chi connectivity index (χ0v) is 14.1. The fourth-order valence-electron chi connectivity index (χ4n) is 1.96. The first-order valence-electron chi connectivity index (χ1n) is 6.29. The van der Waals surface area contributed by atoms with Crippen molar-refractivity contribution in [1.29, 1.82) is 4.78 Å². The van der Waals surface area contributed by atoms with Gasteiger partial charge >= 0.3 is 12.4 Å². The first kappa shape index (κ1) is 21.5. The molecule has 0 saturated heterocycles. The average molecular weight is 419 g/mol. The summed E-state index contributed by atoms with van der Waals surface area (Å²) in [6, 6.07) is 0.625. The molecule has 2 atom stereocenters. The Labute approximate surface area is 142 Å². The maximum Gasteiger partial charge on any atom is 0.389 e. The van der Waals surface area contributed by atoms with Crippen molar-refractivity contribution in [2.75, 3.05) is 6.61 Å². The highest BCUT2D eigenvalue weighted by Gasteiger charge is 2.42. The number of hydrogen-bond acceptors (Lipinski definition) is 4. The van der Waals surface area contributed by atoms with Crippen molar-refractivity contribution >= 4 is 32.9 Å². The normalized spacial score (nSPS) is 17.0. The molecular formula is C11H13ClF6N2O2S2. The topological polar surface area (TPSA) is 73.2 Å². The molecule has 0 aliphatic carbocycles. The predicted molar refractivity (Wildman–Crippen MR) is 77.3 cm³/mol. The van der Waals surface area contributed by atoms with Gasteiger partial charge in [-0.3, -0.25) is 0 Å². The van der Waals surface area contributed by atoms with Crippen molar-refractivity contribution in [3.63, 3.8) is 0 Å². The summed E-state index contributed by atoms with van der Waals surface area (Å²) in [5, 5.41) is 9.18. The van der Waals surface area contributed by atoms with Crippen LogP contribution in [0, 0.1) is 10.7 Å². The summed E-state index contributed by atoms with van der Waals surface area (Å²) in [5.41, 5.74) is 0. The van der Waals surface area contributed by atoms with E-state index >= 15 is 0 Å². The van der Waals surface area contributed by atoms with E-state index < -0.39 is 53.7 Å². The van der Waals surface area contributed by atoms with Gasteiger partial charge in [-0.25, -0.2) is 13.7 Å². The quantitative estimate of drug-likeness (QED) is 0.581. The van der Waals surface area contributed by atoms with Gasteiger partial charge in [0.15, 0.2) is 0 Å². The smallest absolute Gasteiger partial charge is 0.389 e. The van der Waals surface area contributed by atoms with E-state index in [4.69, 9.17) is 16.4 Å². The summed E-state index contributed by atoms with van der Waals surface area (Å²) in [5.74, 6) is -2.13. The van der Waals surface area contributed by atoms with Crippen molar-refractivity contribution in [3.05, 3.63) is 16.5 Å². The molecule has 0 saturated carbocycles. The second kappa shape index (κ2) is 7.77. The molecule has 1 aromatic heterocycles. The zero-order valence-electron chi connectivity index (χ0n) is 11.7. The SMILES string of the molecule is N=S(=O)(N[C@@H](CO)C(CC(F)(F)F)CC(F)(F)F)c1ccc(Cl)s1. The third-order valence-corrected chi connectivity index (χ3v) is 6.22. The van der Waals surface area contributed by atoms with Crippen LogP contribution in [0.25, 0.3) is 0 Å². The molecule has 0 aliphatic heterocycles. The summed E-state index contributed by atoms with van der Waals surface area (Å²) in [6.07, 6.45) is -13.5. The van der Waals surface area contributed by atoms with Gasteiger partial charge < -0.3 is 5.11 Å². The van der Waals surface area contributed by atoms with Crippen molar-refractivity contribution in [3.8, 4) is 0 Å². The van der Waals surface area contributed by atoms with Crippen LogP contribution in [0.2, 0.25) is 4.34 Å². The lowest BCUT2D eigenvalue weighted by atomic mass is 9.93. The fraction of sp³-hybridized carbons (Fsp3) is 0.636. The van der Waals surface area contributed by atoms with Crippen LogP contribution in [0.3, 0.4) is 0 Å². The van der Waals surface area contributed by atoms with E-state index in [1.807, 2.05) is 4.72 Å². The molecule has 4 nitrogen and oxygen atoms in total. The van der Waals surface area contributed by atoms with Crippen LogP contribution in [0.5, 0.6) is 0 Å². The molecule has 0 aliphatic rings. The Bertz CT molecular complexity index is 628. The van der Waals surface area contributed by atoms with Gasteiger partial charge in [-0.1, -0.05) is 11.6 Å². The van der Waals surface area contributed by atoms with E-state index in [1.165, 1.54) is 12.1 Å². The van der Waals surface area contributed by atoms with Gasteiger partial charge in [0.05, 0.1) is 10.9 Å². The first-order valence-corrected chi connectivity index (χ1v) is 9.04. The highest BCUT2D eigenvalue weighted by molar-refractivity contribution is 7.92. The first-order chi connectivity index (χ1) is 10.7. The molecule has 0 aromatic carbocycles. The van der Waals surface area contributed by atoms with Gasteiger partial charge in [-0.2, -0.15) is 26.3 Å². The Kier molecular flexibility index (Phi) is 6.95. The third-order valence-electron chi connectivity index (χ3n) is 2.90. The Balaban J connectivity index is 3.04. The Morgan fingerprint density at radius 2 is 1.71 bits per heavy atom. The second-order valence-electron chi connectivity index (χ2n) is 4.92. The molecule has 1 rings (SSSR count). The van der Waals surface area contributed by atoms with Gasteiger partial charge in [-0.15, -0.1) is 11.3 Å². The molecule has 0 bridgehead atoms. The maximum absolute atomic E-state index is 12.5. The van der Waals surface area contributed by atoms with E-state index in [9.17, 15) is 35.7 Å². The van der Waals surface area contributed by atoms with Crippen molar-refractivity contribution in [1.82, 2.24) is 4.72 Å². The molecule has 0 spiro atoms. The molecule has 3 N–H and O–H groups in total. The van der Waals surface area contributed by atoms with Gasteiger partial charge in [0.25, 0.3) is 0 Å². The van der Waals surface area contributed by atoms with E-state index in [2.05, 4.69) is 0 Å². The highest BCUT2D eigenvalue weighted by Crippen LogP contribution is 2.35. The maximum atomic E-state index is 12.5. The lowest BCUT2D eigenvalue weighted by Gasteiger charge is -2.28. The Hall–Kier alpha value is -0.560. The highest BCUT2D eigenvalue weighted by atomic mass is 35.5. The molecule has 140 valence electrons. The van der Waals surface area contributed by atoms with E-state index in [-0.39, 0.29) is 8.55 Å². The number of halogens is 7. The summed E-state index contributed by atoms with van der Waals surface area (Å²) in [4.78, 5) is 0. The molecule has 1 heterocycles. The predicted octanol–water partition coefficient (Wildman–Crippen LogP) is 4.19. The average Bonchev–Trinajstić information content (AvgIpc) is 2.79. The number of aliphatic hydroxyl groups excluding tert-OH is 1. The van der Waals surface area contributed by atoms with Crippen molar-refractivity contribution < 1.29 is 35.7 Å². The number of rotatable bonds is 7. The monoisotopic (exact) mass is 418 g/mol. The minimum absolute atomic E-state index is 0.148. The number of aliphatic hydroxyl groups is 1. The number of alkyl halides is 6. The number of nitrogens with one attached hydrogen (secondary N) is 2. The second-order valence-corrected chi connectivity index (χ2v) is 8.68. The van der Waals surface area contributed by atoms with Crippen molar-refractivity contribution in [2.45, 2.75) is 35.4 Å². The number of hydrogen-bond donors (Lipinski definition) is 3. The zero-order chi connectivity index (χ0) is 18.8. The molecule has 0 fully saturated rings. The van der Waals surface area contributed by atoms with Crippen LogP contribution in [0.4, 0.5) is 26.3 Å². The molecule has 24 heavy (non-hydrogen) atoms. The molecule has 1 unspecified atom stereocenters. The lowest BCUT2D eigenvalue weighted by Crippen LogP contribution is -2.45. The number of thiophene rings is 1. The van der Waals surface area contributed by atoms with Gasteiger partial charge in [0.2, 0.25) is 0 Å². The van der Waals surface area contributed by atoms with E-state index in [1.54, 1.807) is 0 Å². The standard InChI is InChI=1S/C11H13ClF6N2O2S2/c12-8-1-2-9(23-8)24(19,22)20-7(5-21)6(3-10(13,14)15)4-11(16,17)18/h1-2,6-7,21H,3-5H2,(H2,19,20,22)/t7-,24?/m0/s1. The van der Waals surface area contributed by atoms with Crippen molar-refractivity contribution in [2.24, 2.45) is 5.92 Å². The van der Waals surface area contributed by atoms with E-state index in [0.717, 1.165) is 0 Å². The Morgan fingerprint density at radius 3 is 2.04 bits per heavy atom. The van der Waals surface area contributed by atoms with Crippen LogP contribution >= 0.6 is 22.9 Å². The summed E-state index contributed by atoms with van der Waals surface area (Å²) < 4.78 is 97.0. The Morgan fingerprint density at radius 1 is 1.21 bits per heavy atom. The van der Waals surface area contributed by atoms with Crippen LogP contribution < -0.4 is 4.72 Å². The summed E-state index contributed by atoms with van der Waals surface area (Å²) >= 11 is 6.31. The van der Waals surface area contributed by atoms with Crippen LogP contribution in [0.15, 0.2) is 16.3 Å². The van der Waals surface area contributed by atoms with Gasteiger partial charge in [0.1, 0.15) is 14.1 Å². The third kappa shape index (κ3) is 7.13. The molecule has 1 aromatic rings. The fourth-order valence-corrected chi connectivity index (χ4v) is 4.82. The minimum Gasteiger partial charge on any atom is -0.395 e. The van der Waals surface area contributed by atoms with E-state index in [0.29, 0.717) is 11.3 Å². The van der Waals surface area contributed by atoms with Gasteiger partial charge in [0, 0.05) is 18.9 Å². The van der Waals surface area contributed by atoms with Crippen LogP contribution in [0.1, 0.15) is 12.8 Å². The molecular weight excluding hydrogens is 406 g/mol. The summed E-state index contributed by atoms with van der Waals surface area (Å²) in [6.45, 7) is -1.15.